The molecule has 4 aromatic rings. The Morgan fingerprint density at radius 3 is 2.31 bits per heavy atom. The lowest BCUT2D eigenvalue weighted by Crippen LogP contribution is -2.39. The summed E-state index contributed by atoms with van der Waals surface area (Å²) in [4.78, 5) is 33.1. The highest BCUT2D eigenvalue weighted by molar-refractivity contribution is 7.90. The van der Waals surface area contributed by atoms with Crippen LogP contribution in [0.5, 0.6) is 5.75 Å². The van der Waals surface area contributed by atoms with E-state index in [1.54, 1.807) is 54.4 Å². The Morgan fingerprint density at radius 1 is 1.05 bits per heavy atom. The van der Waals surface area contributed by atoms with Gasteiger partial charge in [-0.3, -0.25) is 9.59 Å². The Hall–Kier alpha value is -4.45. The average Bonchev–Trinajstić information content (AvgIpc) is 3.54. The summed E-state index contributed by atoms with van der Waals surface area (Å²) in [6.07, 6.45) is 4.93. The molecule has 0 saturated heterocycles. The Balaban J connectivity index is 1.49. The molecule has 2 aromatic carbocycles. The maximum Gasteiger partial charge on any atom is 0.277 e. The molecule has 1 aliphatic rings. The highest BCUT2D eigenvalue weighted by atomic mass is 32.2. The molecule has 1 aliphatic heterocycles. The lowest BCUT2D eigenvalue weighted by atomic mass is 10.1. The van der Waals surface area contributed by atoms with E-state index in [-0.39, 0.29) is 22.5 Å². The molecule has 39 heavy (non-hydrogen) atoms. The number of fused-ring (bicyclic) bond motifs is 1. The molecule has 11 nitrogen and oxygen atoms in total. The molecule has 0 fully saturated rings. The van der Waals surface area contributed by atoms with E-state index in [0.717, 1.165) is 11.9 Å². The van der Waals surface area contributed by atoms with Crippen LogP contribution in [0.3, 0.4) is 0 Å². The van der Waals surface area contributed by atoms with Crippen LogP contribution in [-0.4, -0.2) is 71.4 Å². The fourth-order valence-corrected chi connectivity index (χ4v) is 5.46. The molecule has 0 atom stereocenters. The number of carbonyl (C=O) groups excluding carboxylic acids is 2. The zero-order valence-electron chi connectivity index (χ0n) is 22.0. The summed E-state index contributed by atoms with van der Waals surface area (Å²) >= 11 is 0. The lowest BCUT2D eigenvalue weighted by Gasteiger charge is -2.28. The van der Waals surface area contributed by atoms with Gasteiger partial charge in [0.25, 0.3) is 5.91 Å². The number of imidazole rings is 1. The molecule has 2 amide bonds. The normalized spacial score (nSPS) is 13.3. The number of nitrogens with zero attached hydrogens (tertiary/aromatic N) is 6. The van der Waals surface area contributed by atoms with Crippen molar-refractivity contribution in [3.63, 3.8) is 0 Å². The van der Waals surface area contributed by atoms with Crippen LogP contribution in [-0.2, 0) is 27.6 Å². The Labute approximate surface area is 226 Å². The number of ether oxygens (including phenoxy) is 1. The smallest absolute Gasteiger partial charge is 0.277 e. The molecular weight excluding hydrogens is 520 g/mol. The van der Waals surface area contributed by atoms with Gasteiger partial charge in [-0.25, -0.2) is 18.1 Å². The van der Waals surface area contributed by atoms with Crippen molar-refractivity contribution < 1.29 is 22.7 Å². The highest BCUT2D eigenvalue weighted by Crippen LogP contribution is 2.31. The number of rotatable bonds is 7. The van der Waals surface area contributed by atoms with Crippen molar-refractivity contribution in [2.75, 3.05) is 31.9 Å². The number of carbonyl (C=O) groups is 2. The first kappa shape index (κ1) is 26.2. The molecule has 0 aliphatic carbocycles. The van der Waals surface area contributed by atoms with Gasteiger partial charge in [-0.15, -0.1) is 0 Å². The maximum atomic E-state index is 13.8. The number of anilines is 1. The Bertz CT molecular complexity index is 1660. The molecule has 0 bridgehead atoms. The maximum absolute atomic E-state index is 13.8. The number of benzene rings is 2. The van der Waals surface area contributed by atoms with E-state index in [9.17, 15) is 18.0 Å². The van der Waals surface area contributed by atoms with Crippen molar-refractivity contribution in [3.05, 3.63) is 78.0 Å². The van der Waals surface area contributed by atoms with Crippen molar-refractivity contribution >= 4 is 27.3 Å². The third-order valence-corrected chi connectivity index (χ3v) is 7.75. The molecule has 0 N–H and O–H groups in total. The van der Waals surface area contributed by atoms with Crippen molar-refractivity contribution in [1.82, 2.24) is 24.2 Å². The average molecular weight is 549 g/mol. The van der Waals surface area contributed by atoms with Gasteiger partial charge in [-0.2, -0.15) is 5.10 Å². The van der Waals surface area contributed by atoms with Gasteiger partial charge in [0.1, 0.15) is 17.3 Å². The fourth-order valence-electron chi connectivity index (χ4n) is 4.59. The molecule has 0 unspecified atom stereocenters. The summed E-state index contributed by atoms with van der Waals surface area (Å²) in [5.74, 6) is 0.936. The SMILES string of the molecule is COc1ccc(-n2nc(S(C)(=O)=O)c3c2C(=O)N(c2ccc(-n4ccnc4CN(C)C(C)=O)cc2)CC3)cc1. The molecule has 0 spiro atoms. The van der Waals surface area contributed by atoms with E-state index in [2.05, 4.69) is 10.1 Å². The number of sulfone groups is 1. The van der Waals surface area contributed by atoms with Gasteiger partial charge < -0.3 is 19.1 Å². The molecule has 3 heterocycles. The van der Waals surface area contributed by atoms with Crippen LogP contribution < -0.4 is 9.64 Å². The van der Waals surface area contributed by atoms with Gasteiger partial charge in [-0.1, -0.05) is 0 Å². The van der Waals surface area contributed by atoms with Crippen molar-refractivity contribution in [1.29, 1.82) is 0 Å². The predicted octanol–water partition coefficient (Wildman–Crippen LogP) is 2.65. The number of hydrogen-bond donors (Lipinski definition) is 0. The molecule has 0 radical (unpaired) electrons. The molecule has 0 saturated carbocycles. The molecular formula is C27H28N6O5S. The van der Waals surface area contributed by atoms with E-state index >= 15 is 0 Å². The van der Waals surface area contributed by atoms with Crippen LogP contribution in [0.1, 0.15) is 28.8 Å². The van der Waals surface area contributed by atoms with E-state index in [1.807, 2.05) is 35.0 Å². The number of amides is 2. The van der Waals surface area contributed by atoms with Crippen LogP contribution in [0.25, 0.3) is 11.4 Å². The van der Waals surface area contributed by atoms with Crippen LogP contribution >= 0.6 is 0 Å². The minimum absolute atomic E-state index is 0.0595. The van der Waals surface area contributed by atoms with E-state index < -0.39 is 9.84 Å². The standard InChI is InChI=1S/C27H28N6O5S/c1-18(34)30(2)17-24-28-14-16-31(24)19-5-7-20(8-6-19)32-15-13-23-25(27(32)35)33(29-26(23)39(4,36)37)21-9-11-22(38-3)12-10-21/h5-12,14,16H,13,15,17H2,1-4H3. The topological polar surface area (TPSA) is 120 Å². The van der Waals surface area contributed by atoms with Gasteiger partial charge in [-0.05, 0) is 55.0 Å². The molecule has 5 rings (SSSR count). The van der Waals surface area contributed by atoms with Crippen LogP contribution in [0.15, 0.2) is 66.0 Å². The quantitative estimate of drug-likeness (QED) is 0.348. The second-order valence-corrected chi connectivity index (χ2v) is 11.3. The molecule has 202 valence electrons. The zero-order valence-corrected chi connectivity index (χ0v) is 22.8. The van der Waals surface area contributed by atoms with E-state index in [4.69, 9.17) is 4.74 Å². The van der Waals surface area contributed by atoms with Gasteiger partial charge >= 0.3 is 0 Å². The third kappa shape index (κ3) is 4.90. The van der Waals surface area contributed by atoms with Crippen molar-refractivity contribution in [3.8, 4) is 17.1 Å². The number of methoxy groups -OCH3 is 1. The predicted molar refractivity (Wildman–Crippen MR) is 144 cm³/mol. The minimum atomic E-state index is -3.66. The first-order valence-corrected chi connectivity index (χ1v) is 14.1. The fraction of sp³-hybridized carbons (Fsp3) is 0.259. The summed E-state index contributed by atoms with van der Waals surface area (Å²) in [6, 6.07) is 14.3. The Morgan fingerprint density at radius 2 is 1.69 bits per heavy atom. The largest absolute Gasteiger partial charge is 0.497 e. The summed E-state index contributed by atoms with van der Waals surface area (Å²) in [5, 5.41) is 4.28. The van der Waals surface area contributed by atoms with Gasteiger partial charge in [0.2, 0.25) is 5.91 Å². The monoisotopic (exact) mass is 548 g/mol. The van der Waals surface area contributed by atoms with Crippen LogP contribution in [0.4, 0.5) is 5.69 Å². The summed E-state index contributed by atoms with van der Waals surface area (Å²) in [6.45, 7) is 2.17. The van der Waals surface area contributed by atoms with Crippen LogP contribution in [0, 0.1) is 0 Å². The second-order valence-electron chi connectivity index (χ2n) is 9.33. The summed E-state index contributed by atoms with van der Waals surface area (Å²) < 4.78 is 33.6. The van der Waals surface area contributed by atoms with E-state index in [1.165, 1.54) is 11.6 Å². The lowest BCUT2D eigenvalue weighted by molar-refractivity contribution is -0.128. The van der Waals surface area contributed by atoms with E-state index in [0.29, 0.717) is 48.0 Å². The first-order valence-electron chi connectivity index (χ1n) is 12.2. The van der Waals surface area contributed by atoms with Gasteiger partial charge in [0.05, 0.1) is 19.3 Å². The third-order valence-electron chi connectivity index (χ3n) is 6.72. The minimum Gasteiger partial charge on any atom is -0.497 e. The number of hydrogen-bond acceptors (Lipinski definition) is 7. The number of aromatic nitrogens is 4. The molecule has 2 aromatic heterocycles. The Kier molecular flexibility index (Phi) is 6.73. The summed E-state index contributed by atoms with van der Waals surface area (Å²) in [7, 11) is -0.392. The zero-order chi connectivity index (χ0) is 27.9. The molecule has 12 heteroatoms. The first-order chi connectivity index (χ1) is 18.6. The van der Waals surface area contributed by atoms with Crippen molar-refractivity contribution in [2.45, 2.75) is 24.9 Å². The van der Waals surface area contributed by atoms with Gasteiger partial charge in [0.15, 0.2) is 14.9 Å². The summed E-state index contributed by atoms with van der Waals surface area (Å²) in [5.41, 5.74) is 2.69. The highest BCUT2D eigenvalue weighted by Gasteiger charge is 2.35. The van der Waals surface area contributed by atoms with Gasteiger partial charge in [0, 0.05) is 56.1 Å². The second kappa shape index (κ2) is 10.0. The van der Waals surface area contributed by atoms with Crippen molar-refractivity contribution in [2.24, 2.45) is 0 Å². The van der Waals surface area contributed by atoms with Crippen LogP contribution in [0.2, 0.25) is 0 Å².